The van der Waals surface area contributed by atoms with E-state index in [0.717, 1.165) is 27.6 Å². The van der Waals surface area contributed by atoms with Gasteiger partial charge in [-0.1, -0.05) is 47.7 Å². The van der Waals surface area contributed by atoms with Crippen molar-refractivity contribution in [3.05, 3.63) is 34.9 Å². The van der Waals surface area contributed by atoms with Crippen molar-refractivity contribution in [2.75, 3.05) is 11.1 Å². The molecular weight excluding hydrogens is 358 g/mol. The summed E-state index contributed by atoms with van der Waals surface area (Å²) in [7, 11) is 0. The Labute approximate surface area is 154 Å². The zero-order chi connectivity index (χ0) is 18.0. The minimum atomic E-state index is -1.26. The van der Waals surface area contributed by atoms with Crippen LogP contribution in [0.25, 0.3) is 0 Å². The molecule has 1 aromatic heterocycles. The Kier molecular flexibility index (Phi) is 5.10. The number of anilines is 1. The fourth-order valence-corrected chi connectivity index (χ4v) is 4.26. The number of amides is 1. The lowest BCUT2D eigenvalue weighted by Gasteiger charge is -2.32. The summed E-state index contributed by atoms with van der Waals surface area (Å²) in [5.74, 6) is 0.0835. The number of cyclic esters (lactones) is 1. The molecule has 1 aromatic carbocycles. The largest absolute Gasteiger partial charge is 0.445 e. The highest BCUT2D eigenvalue weighted by Gasteiger charge is 2.43. The third kappa shape index (κ3) is 3.85. The van der Waals surface area contributed by atoms with Gasteiger partial charge in [0.2, 0.25) is 5.13 Å². The third-order valence-corrected chi connectivity index (χ3v) is 6.04. The van der Waals surface area contributed by atoms with Crippen LogP contribution in [0, 0.1) is 6.92 Å². The molecule has 0 spiro atoms. The van der Waals surface area contributed by atoms with Crippen molar-refractivity contribution in [3.8, 4) is 0 Å². The monoisotopic (exact) mass is 377 g/mol. The lowest BCUT2D eigenvalue weighted by molar-refractivity contribution is -0.134. The zero-order valence-electron chi connectivity index (χ0n) is 14.3. The number of aryl methyl sites for hydroxylation is 1. The van der Waals surface area contributed by atoms with E-state index in [9.17, 15) is 9.59 Å². The van der Waals surface area contributed by atoms with E-state index in [1.807, 2.05) is 19.1 Å². The summed E-state index contributed by atoms with van der Waals surface area (Å²) in [6.07, 6.45) is 1.37. The van der Waals surface area contributed by atoms with E-state index in [4.69, 9.17) is 4.74 Å². The first kappa shape index (κ1) is 17.9. The Morgan fingerprint density at radius 2 is 2.24 bits per heavy atom. The molecule has 0 saturated heterocycles. The summed E-state index contributed by atoms with van der Waals surface area (Å²) in [5.41, 5.74) is 1.12. The van der Waals surface area contributed by atoms with Gasteiger partial charge in [0.15, 0.2) is 9.94 Å². The molecule has 6 nitrogen and oxygen atoms in total. The number of nitrogens with zero attached hydrogens (tertiary/aromatic N) is 2. The van der Waals surface area contributed by atoms with Crippen LogP contribution in [-0.4, -0.2) is 33.4 Å². The van der Waals surface area contributed by atoms with Crippen molar-refractivity contribution in [1.82, 2.24) is 10.2 Å². The predicted molar refractivity (Wildman–Crippen MR) is 98.3 cm³/mol. The van der Waals surface area contributed by atoms with Crippen LogP contribution >= 0.6 is 23.1 Å². The number of carbonyl (C=O) groups excluding carboxylic acids is 2. The first-order valence-corrected chi connectivity index (χ1v) is 9.82. The highest BCUT2D eigenvalue weighted by atomic mass is 32.2. The molecule has 8 heteroatoms. The zero-order valence-corrected chi connectivity index (χ0v) is 15.9. The maximum Gasteiger partial charge on any atom is 0.339 e. The Morgan fingerprint density at radius 1 is 1.44 bits per heavy atom. The van der Waals surface area contributed by atoms with Crippen LogP contribution in [0.2, 0.25) is 0 Å². The van der Waals surface area contributed by atoms with Crippen molar-refractivity contribution in [2.24, 2.45) is 0 Å². The molecule has 0 bridgehead atoms. The van der Waals surface area contributed by atoms with E-state index < -0.39 is 17.5 Å². The molecule has 25 heavy (non-hydrogen) atoms. The molecule has 0 saturated carbocycles. The number of carbonyl (C=O) groups is 2. The van der Waals surface area contributed by atoms with Crippen LogP contribution in [0.15, 0.2) is 22.5 Å². The number of thioether (sulfide) groups is 1. The number of fused-ring (bicyclic) bond motifs is 1. The fraction of sp³-hybridized carbons (Fsp3) is 0.412. The topological polar surface area (TPSA) is 81.2 Å². The summed E-state index contributed by atoms with van der Waals surface area (Å²) in [6, 6.07) is 5.53. The normalized spacial score (nSPS) is 19.2. The number of aromatic nitrogens is 2. The number of nitrogens with one attached hydrogen (secondary N) is 1. The number of benzene rings is 1. The summed E-state index contributed by atoms with van der Waals surface area (Å²) in [4.78, 5) is 25.0. The maximum absolute atomic E-state index is 12.7. The van der Waals surface area contributed by atoms with Crippen LogP contribution in [0.3, 0.4) is 0 Å². The number of rotatable bonds is 5. The Hall–Kier alpha value is -1.93. The molecule has 1 aliphatic heterocycles. The first-order chi connectivity index (χ1) is 11.9. The van der Waals surface area contributed by atoms with Crippen molar-refractivity contribution in [2.45, 2.75) is 43.6 Å². The molecule has 1 unspecified atom stereocenters. The molecule has 1 N–H and O–H groups in total. The molecule has 1 aliphatic rings. The van der Waals surface area contributed by atoms with Crippen LogP contribution in [-0.2, 0) is 16.0 Å². The predicted octanol–water partition coefficient (Wildman–Crippen LogP) is 3.46. The van der Waals surface area contributed by atoms with Crippen molar-refractivity contribution in [1.29, 1.82) is 0 Å². The van der Waals surface area contributed by atoms with Crippen LogP contribution in [0.4, 0.5) is 5.13 Å². The van der Waals surface area contributed by atoms with Gasteiger partial charge in [0, 0.05) is 12.2 Å². The highest BCUT2D eigenvalue weighted by Crippen LogP contribution is 2.31. The van der Waals surface area contributed by atoms with Gasteiger partial charge in [-0.05, 0) is 31.9 Å². The van der Waals surface area contributed by atoms with Gasteiger partial charge < -0.3 is 4.74 Å². The summed E-state index contributed by atoms with van der Waals surface area (Å²) in [5, 5.41) is 11.2. The minimum Gasteiger partial charge on any atom is -0.445 e. The Morgan fingerprint density at radius 3 is 3.00 bits per heavy atom. The molecule has 0 aliphatic carbocycles. The van der Waals surface area contributed by atoms with Crippen molar-refractivity contribution >= 4 is 40.1 Å². The van der Waals surface area contributed by atoms with E-state index in [0.29, 0.717) is 17.1 Å². The van der Waals surface area contributed by atoms with Crippen molar-refractivity contribution in [3.63, 3.8) is 0 Å². The van der Waals surface area contributed by atoms with E-state index in [2.05, 4.69) is 22.4 Å². The van der Waals surface area contributed by atoms with Gasteiger partial charge in [0.05, 0.1) is 5.56 Å². The molecule has 1 amide bonds. The molecule has 1 atom stereocenters. The average molecular weight is 377 g/mol. The van der Waals surface area contributed by atoms with E-state index in [-0.39, 0.29) is 0 Å². The standard InChI is InChI=1S/C17H19N3O3S2/c1-4-7-24-16-20-19-15(25-16)18-14(22)17(3)9-11-8-10(2)5-6-12(11)13(21)23-17/h5-6,8H,4,7,9H2,1-3H3,(H,18,19,22). The van der Waals surface area contributed by atoms with Gasteiger partial charge in [0.1, 0.15) is 0 Å². The van der Waals surface area contributed by atoms with Crippen LogP contribution in [0.5, 0.6) is 0 Å². The summed E-state index contributed by atoms with van der Waals surface area (Å²) >= 11 is 2.92. The van der Waals surface area contributed by atoms with Gasteiger partial charge in [-0.25, -0.2) is 4.79 Å². The molecule has 2 heterocycles. The van der Waals surface area contributed by atoms with Crippen LogP contribution in [0.1, 0.15) is 41.8 Å². The smallest absolute Gasteiger partial charge is 0.339 e. The number of esters is 1. The fourth-order valence-electron chi connectivity index (χ4n) is 2.59. The van der Waals surface area contributed by atoms with E-state index in [1.54, 1.807) is 24.8 Å². The Balaban J connectivity index is 1.75. The number of hydrogen-bond acceptors (Lipinski definition) is 7. The Bertz CT molecular complexity index is 821. The number of ether oxygens (including phenoxy) is 1. The van der Waals surface area contributed by atoms with Crippen LogP contribution < -0.4 is 5.32 Å². The van der Waals surface area contributed by atoms with E-state index >= 15 is 0 Å². The molecule has 0 fully saturated rings. The van der Waals surface area contributed by atoms with Gasteiger partial charge in [0.25, 0.3) is 5.91 Å². The lowest BCUT2D eigenvalue weighted by Crippen LogP contribution is -2.48. The third-order valence-electron chi connectivity index (χ3n) is 3.86. The quantitative estimate of drug-likeness (QED) is 0.488. The highest BCUT2D eigenvalue weighted by molar-refractivity contribution is 8.01. The van der Waals surface area contributed by atoms with Gasteiger partial charge >= 0.3 is 5.97 Å². The van der Waals surface area contributed by atoms with Gasteiger partial charge in [-0.3, -0.25) is 10.1 Å². The van der Waals surface area contributed by atoms with Gasteiger partial charge in [-0.2, -0.15) is 0 Å². The SMILES string of the molecule is CCCSc1nnc(NC(=O)C2(C)Cc3cc(C)ccc3C(=O)O2)s1. The second-order valence-electron chi connectivity index (χ2n) is 6.13. The lowest BCUT2D eigenvalue weighted by atomic mass is 9.88. The van der Waals surface area contributed by atoms with E-state index in [1.165, 1.54) is 11.3 Å². The molecule has 2 aromatic rings. The minimum absolute atomic E-state index is 0.331. The molecule has 3 rings (SSSR count). The first-order valence-electron chi connectivity index (χ1n) is 8.02. The number of hydrogen-bond donors (Lipinski definition) is 1. The molecule has 0 radical (unpaired) electrons. The van der Waals surface area contributed by atoms with Crippen molar-refractivity contribution < 1.29 is 14.3 Å². The molecule has 132 valence electrons. The molecular formula is C17H19N3O3S2. The second-order valence-corrected chi connectivity index (χ2v) is 8.45. The van der Waals surface area contributed by atoms with Gasteiger partial charge in [-0.15, -0.1) is 10.2 Å². The summed E-state index contributed by atoms with van der Waals surface area (Å²) < 4.78 is 6.26. The second kappa shape index (κ2) is 7.13. The average Bonchev–Trinajstić information content (AvgIpc) is 2.99. The summed E-state index contributed by atoms with van der Waals surface area (Å²) in [6.45, 7) is 5.67. The maximum atomic E-state index is 12.7.